The summed E-state index contributed by atoms with van der Waals surface area (Å²) in [7, 11) is 0. The summed E-state index contributed by atoms with van der Waals surface area (Å²) in [6.45, 7) is 9.31. The summed E-state index contributed by atoms with van der Waals surface area (Å²) in [5.74, 6) is -0.305. The molecule has 0 spiro atoms. The molecule has 1 rings (SSSR count). The first kappa shape index (κ1) is 19.9. The number of aldehydes is 1. The zero-order valence-electron chi connectivity index (χ0n) is 15.1. The topological polar surface area (TPSA) is 75.3 Å². The molecule has 0 saturated carbocycles. The number of carbonyl (C=O) groups is 3. The van der Waals surface area contributed by atoms with Crippen molar-refractivity contribution >= 4 is 18.1 Å². The van der Waals surface area contributed by atoms with Gasteiger partial charge in [0.25, 0.3) is 5.91 Å². The first-order valence-electron chi connectivity index (χ1n) is 8.30. The van der Waals surface area contributed by atoms with E-state index in [-0.39, 0.29) is 23.8 Å². The number of hydrogen-bond donors (Lipinski definition) is 2. The van der Waals surface area contributed by atoms with E-state index in [9.17, 15) is 14.4 Å². The summed E-state index contributed by atoms with van der Waals surface area (Å²) < 4.78 is 0. The van der Waals surface area contributed by atoms with Gasteiger partial charge in [-0.05, 0) is 31.4 Å². The third kappa shape index (κ3) is 5.80. The Labute approximate surface area is 144 Å². The lowest BCUT2D eigenvalue weighted by Crippen LogP contribution is -2.53. The lowest BCUT2D eigenvalue weighted by atomic mass is 9.87. The van der Waals surface area contributed by atoms with Gasteiger partial charge < -0.3 is 15.4 Å². The van der Waals surface area contributed by atoms with Gasteiger partial charge in [-0.3, -0.25) is 9.59 Å². The molecule has 1 aromatic rings. The van der Waals surface area contributed by atoms with E-state index >= 15 is 0 Å². The highest BCUT2D eigenvalue weighted by Gasteiger charge is 2.30. The monoisotopic (exact) mass is 332 g/mol. The highest BCUT2D eigenvalue weighted by molar-refractivity contribution is 5.97. The second-order valence-electron chi connectivity index (χ2n) is 7.19. The van der Waals surface area contributed by atoms with Crippen LogP contribution in [0.5, 0.6) is 0 Å². The quantitative estimate of drug-likeness (QED) is 0.718. The van der Waals surface area contributed by atoms with Gasteiger partial charge in [0.05, 0.1) is 0 Å². The summed E-state index contributed by atoms with van der Waals surface area (Å²) >= 11 is 0. The Morgan fingerprint density at radius 3 is 2.17 bits per heavy atom. The van der Waals surface area contributed by atoms with Gasteiger partial charge in [-0.25, -0.2) is 0 Å². The van der Waals surface area contributed by atoms with E-state index < -0.39 is 11.5 Å². The van der Waals surface area contributed by atoms with Crippen LogP contribution in [0.15, 0.2) is 30.3 Å². The van der Waals surface area contributed by atoms with Crippen molar-refractivity contribution in [1.29, 1.82) is 0 Å². The van der Waals surface area contributed by atoms with Crippen molar-refractivity contribution in [3.8, 4) is 0 Å². The molecule has 132 valence electrons. The minimum absolute atomic E-state index is 0.242. The molecule has 0 aliphatic rings. The van der Waals surface area contributed by atoms with Crippen LogP contribution in [0.25, 0.3) is 0 Å². The lowest BCUT2D eigenvalue weighted by molar-refractivity contribution is -0.125. The zero-order chi connectivity index (χ0) is 18.3. The molecule has 5 nitrogen and oxygen atoms in total. The van der Waals surface area contributed by atoms with Crippen LogP contribution in [0.3, 0.4) is 0 Å². The fraction of sp³-hybridized carbons (Fsp3) is 0.526. The van der Waals surface area contributed by atoms with Crippen LogP contribution < -0.4 is 10.6 Å². The molecule has 2 N–H and O–H groups in total. The van der Waals surface area contributed by atoms with Crippen molar-refractivity contribution in [2.24, 2.45) is 11.3 Å². The van der Waals surface area contributed by atoms with E-state index in [4.69, 9.17) is 0 Å². The first-order chi connectivity index (χ1) is 11.2. The number of hydrogen-bond acceptors (Lipinski definition) is 3. The van der Waals surface area contributed by atoms with Crippen molar-refractivity contribution < 1.29 is 14.4 Å². The Bertz CT molecular complexity index is 567. The normalized spacial score (nSPS) is 13.9. The molecule has 24 heavy (non-hydrogen) atoms. The number of benzene rings is 1. The number of rotatable bonds is 8. The maximum Gasteiger partial charge on any atom is 0.251 e. The molecule has 0 aliphatic heterocycles. The van der Waals surface area contributed by atoms with Gasteiger partial charge in [-0.1, -0.05) is 45.9 Å². The second kappa shape index (κ2) is 8.62. The van der Waals surface area contributed by atoms with E-state index in [2.05, 4.69) is 10.6 Å². The predicted molar refractivity (Wildman–Crippen MR) is 94.6 cm³/mol. The van der Waals surface area contributed by atoms with Gasteiger partial charge in [0.2, 0.25) is 5.91 Å². The van der Waals surface area contributed by atoms with Crippen LogP contribution in [0.2, 0.25) is 0 Å². The smallest absolute Gasteiger partial charge is 0.251 e. The molecule has 0 aromatic heterocycles. The third-order valence-corrected chi connectivity index (χ3v) is 4.14. The average Bonchev–Trinajstić information content (AvgIpc) is 2.54. The summed E-state index contributed by atoms with van der Waals surface area (Å²) in [4.78, 5) is 36.0. The van der Waals surface area contributed by atoms with Crippen molar-refractivity contribution in [3.63, 3.8) is 0 Å². The predicted octanol–water partition coefficient (Wildman–Crippen LogP) is 2.56. The molecule has 0 fully saturated rings. The van der Waals surface area contributed by atoms with E-state index in [0.29, 0.717) is 12.0 Å². The van der Waals surface area contributed by atoms with E-state index in [1.807, 2.05) is 19.9 Å². The van der Waals surface area contributed by atoms with Gasteiger partial charge in [0.15, 0.2) is 0 Å². The van der Waals surface area contributed by atoms with E-state index in [0.717, 1.165) is 6.29 Å². The van der Waals surface area contributed by atoms with Crippen LogP contribution >= 0.6 is 0 Å². The minimum atomic E-state index is -0.665. The van der Waals surface area contributed by atoms with Gasteiger partial charge in [0, 0.05) is 17.0 Å². The lowest BCUT2D eigenvalue weighted by Gasteiger charge is -2.29. The first-order valence-corrected chi connectivity index (χ1v) is 8.30. The van der Waals surface area contributed by atoms with Crippen molar-refractivity contribution in [2.75, 3.05) is 0 Å². The fourth-order valence-electron chi connectivity index (χ4n) is 2.14. The van der Waals surface area contributed by atoms with E-state index in [1.54, 1.807) is 45.0 Å². The van der Waals surface area contributed by atoms with Gasteiger partial charge in [0.1, 0.15) is 12.3 Å². The molecule has 0 bridgehead atoms. The molecule has 0 radical (unpaired) electrons. The molecule has 0 heterocycles. The van der Waals surface area contributed by atoms with Gasteiger partial charge in [-0.2, -0.15) is 0 Å². The second-order valence-corrected chi connectivity index (χ2v) is 7.19. The van der Waals surface area contributed by atoms with E-state index in [1.165, 1.54) is 0 Å². The summed E-state index contributed by atoms with van der Waals surface area (Å²) in [6.07, 6.45) is 1.36. The molecular formula is C19H28N2O3. The van der Waals surface area contributed by atoms with Gasteiger partial charge in [-0.15, -0.1) is 0 Å². The Balaban J connectivity index is 2.83. The standard InChI is InChI=1S/C19H28N2O3/c1-13(2)11-16(18(24)20-14(3)19(4,5)12-22)21-17(23)15-9-7-6-8-10-15/h6-10,12-14,16H,11H2,1-5H3,(H,20,24)(H,21,23)/t14-,16-/m0/s1. The van der Waals surface area contributed by atoms with Crippen molar-refractivity contribution in [1.82, 2.24) is 10.6 Å². The third-order valence-electron chi connectivity index (χ3n) is 4.14. The molecule has 0 aliphatic carbocycles. The van der Waals surface area contributed by atoms with Gasteiger partial charge >= 0.3 is 0 Å². The Morgan fingerprint density at radius 2 is 1.67 bits per heavy atom. The molecule has 0 saturated heterocycles. The number of carbonyl (C=O) groups excluding carboxylic acids is 3. The maximum atomic E-state index is 12.6. The van der Waals surface area contributed by atoms with Crippen molar-refractivity contribution in [2.45, 2.75) is 53.1 Å². The SMILES string of the molecule is CC(C)C[C@H](NC(=O)c1ccccc1)C(=O)N[C@@H](C)C(C)(C)C=O. The van der Waals surface area contributed by atoms with Crippen LogP contribution in [-0.4, -0.2) is 30.2 Å². The van der Waals surface area contributed by atoms with Crippen LogP contribution in [0, 0.1) is 11.3 Å². The molecule has 2 amide bonds. The van der Waals surface area contributed by atoms with Crippen LogP contribution in [0.1, 0.15) is 51.4 Å². The summed E-state index contributed by atoms with van der Waals surface area (Å²) in [6, 6.07) is 7.84. The highest BCUT2D eigenvalue weighted by atomic mass is 16.2. The molecule has 5 heteroatoms. The maximum absolute atomic E-state index is 12.6. The van der Waals surface area contributed by atoms with Crippen LogP contribution in [0.4, 0.5) is 0 Å². The molecule has 0 unspecified atom stereocenters. The molecular weight excluding hydrogens is 304 g/mol. The zero-order valence-corrected chi connectivity index (χ0v) is 15.1. The number of nitrogens with one attached hydrogen (secondary N) is 2. The van der Waals surface area contributed by atoms with Crippen LogP contribution in [-0.2, 0) is 9.59 Å². The number of amides is 2. The fourth-order valence-corrected chi connectivity index (χ4v) is 2.14. The average molecular weight is 332 g/mol. The highest BCUT2D eigenvalue weighted by Crippen LogP contribution is 2.17. The molecule has 1 aromatic carbocycles. The summed E-state index contributed by atoms with van der Waals surface area (Å²) in [5.41, 5.74) is -0.151. The Kier molecular flexibility index (Phi) is 7.14. The minimum Gasteiger partial charge on any atom is -0.351 e. The Hall–Kier alpha value is -2.17. The summed E-state index contributed by atoms with van der Waals surface area (Å²) in [5, 5.41) is 5.65. The van der Waals surface area contributed by atoms with Crippen molar-refractivity contribution in [3.05, 3.63) is 35.9 Å². The largest absolute Gasteiger partial charge is 0.351 e. The molecule has 2 atom stereocenters. The Morgan fingerprint density at radius 1 is 1.08 bits per heavy atom.